The minimum absolute atomic E-state index is 0.0662. The van der Waals surface area contributed by atoms with E-state index in [1.165, 1.54) is 0 Å². The number of H-pyrrole nitrogens is 1. The molecule has 0 unspecified atom stereocenters. The maximum absolute atomic E-state index is 12.5. The molecule has 28 heavy (non-hydrogen) atoms. The van der Waals surface area contributed by atoms with Crippen LogP contribution in [0.15, 0.2) is 39.6 Å². The first-order chi connectivity index (χ1) is 13.5. The Morgan fingerprint density at radius 3 is 2.93 bits per heavy atom. The maximum atomic E-state index is 12.5. The van der Waals surface area contributed by atoms with E-state index in [9.17, 15) is 9.90 Å². The van der Waals surface area contributed by atoms with Crippen molar-refractivity contribution >= 4 is 10.9 Å². The third-order valence-electron chi connectivity index (χ3n) is 5.22. The van der Waals surface area contributed by atoms with Gasteiger partial charge in [0.2, 0.25) is 0 Å². The monoisotopic (exact) mass is 383 g/mol. The Morgan fingerprint density at radius 1 is 1.32 bits per heavy atom. The first-order valence-electron chi connectivity index (χ1n) is 9.63. The van der Waals surface area contributed by atoms with Gasteiger partial charge in [-0.3, -0.25) is 9.69 Å². The van der Waals surface area contributed by atoms with Gasteiger partial charge in [-0.15, -0.1) is 0 Å². The molecular weight excluding hydrogens is 358 g/mol. The number of aromatic amines is 1. The number of hydrogen-bond donors (Lipinski definition) is 2. The zero-order valence-electron chi connectivity index (χ0n) is 16.1. The summed E-state index contributed by atoms with van der Waals surface area (Å²) in [7, 11) is 0. The minimum Gasteiger partial charge on any atom is -0.494 e. The lowest BCUT2D eigenvalue weighted by molar-refractivity contribution is 0.137. The lowest BCUT2D eigenvalue weighted by atomic mass is 10.0. The Labute approximate surface area is 162 Å². The highest BCUT2D eigenvalue weighted by Crippen LogP contribution is 2.24. The second-order valence-electron chi connectivity index (χ2n) is 7.47. The summed E-state index contributed by atoms with van der Waals surface area (Å²) < 4.78 is 10.8. The number of aromatic nitrogens is 2. The number of aliphatic hydroxyl groups is 1. The molecule has 1 aliphatic heterocycles. The van der Waals surface area contributed by atoms with Crippen LogP contribution >= 0.6 is 0 Å². The molecule has 0 spiro atoms. The molecule has 1 saturated heterocycles. The number of nitrogens with one attached hydrogen (secondary N) is 1. The van der Waals surface area contributed by atoms with Crippen LogP contribution in [-0.4, -0.2) is 45.9 Å². The van der Waals surface area contributed by atoms with Gasteiger partial charge in [0.25, 0.3) is 5.56 Å². The van der Waals surface area contributed by atoms with Crippen LogP contribution in [0.3, 0.4) is 0 Å². The first kappa shape index (κ1) is 18.7. The molecule has 0 aliphatic carbocycles. The average Bonchev–Trinajstić information content (AvgIpc) is 3.22. The summed E-state index contributed by atoms with van der Waals surface area (Å²) in [6, 6.07) is 9.47. The maximum Gasteiger partial charge on any atom is 0.252 e. The zero-order chi connectivity index (χ0) is 19.7. The number of fused-ring (bicyclic) bond motifs is 1. The third-order valence-corrected chi connectivity index (χ3v) is 5.22. The van der Waals surface area contributed by atoms with Crippen molar-refractivity contribution in [2.75, 3.05) is 19.7 Å². The highest BCUT2D eigenvalue weighted by Gasteiger charge is 2.32. The number of nitrogens with zero attached hydrogens (tertiary/aromatic N) is 2. The van der Waals surface area contributed by atoms with Crippen molar-refractivity contribution < 1.29 is 14.4 Å². The van der Waals surface area contributed by atoms with Crippen molar-refractivity contribution in [1.29, 1.82) is 0 Å². The Hall–Kier alpha value is -2.64. The van der Waals surface area contributed by atoms with Crippen LogP contribution in [-0.2, 0) is 13.0 Å². The summed E-state index contributed by atoms with van der Waals surface area (Å²) in [5, 5.41) is 15.3. The summed E-state index contributed by atoms with van der Waals surface area (Å²) in [4.78, 5) is 17.5. The van der Waals surface area contributed by atoms with Crippen LogP contribution < -0.4 is 10.3 Å². The van der Waals surface area contributed by atoms with Crippen LogP contribution in [0.1, 0.15) is 23.9 Å². The minimum atomic E-state index is -0.450. The standard InChI is InChI=1S/C21H25N3O4/c1-3-27-17-4-5-19-14(8-17)7-16(21(26)22-19)11-24-10-15(20(25)12-24)9-18-6-13(2)23-28-18/h4-8,15,20,25H,3,9-12H2,1-2H3,(H,22,26)/t15-,20-/m1/s1. The largest absolute Gasteiger partial charge is 0.494 e. The summed E-state index contributed by atoms with van der Waals surface area (Å²) in [6.07, 6.45) is 0.194. The van der Waals surface area contributed by atoms with E-state index >= 15 is 0 Å². The number of pyridine rings is 1. The van der Waals surface area contributed by atoms with E-state index in [4.69, 9.17) is 9.26 Å². The normalized spacial score (nSPS) is 20.1. The second-order valence-corrected chi connectivity index (χ2v) is 7.47. The van der Waals surface area contributed by atoms with Gasteiger partial charge in [-0.05, 0) is 38.1 Å². The van der Waals surface area contributed by atoms with Gasteiger partial charge in [0.1, 0.15) is 11.5 Å². The molecule has 0 saturated carbocycles. The third kappa shape index (κ3) is 3.95. The molecular formula is C21H25N3O4. The van der Waals surface area contributed by atoms with Crippen molar-refractivity contribution in [3.8, 4) is 5.75 Å². The smallest absolute Gasteiger partial charge is 0.252 e. The molecule has 2 N–H and O–H groups in total. The predicted octanol–water partition coefficient (Wildman–Crippen LogP) is 2.26. The van der Waals surface area contributed by atoms with Crippen molar-refractivity contribution in [1.82, 2.24) is 15.0 Å². The number of hydrogen-bond acceptors (Lipinski definition) is 6. The van der Waals surface area contributed by atoms with Crippen LogP contribution in [0.2, 0.25) is 0 Å². The molecule has 2 atom stereocenters. The van der Waals surface area contributed by atoms with Crippen LogP contribution in [0.25, 0.3) is 10.9 Å². The number of benzene rings is 1. The number of ether oxygens (including phenoxy) is 1. The van der Waals surface area contributed by atoms with Crippen LogP contribution in [0.5, 0.6) is 5.75 Å². The summed E-state index contributed by atoms with van der Waals surface area (Å²) >= 11 is 0. The molecule has 1 aromatic carbocycles. The number of aryl methyl sites for hydroxylation is 1. The van der Waals surface area contributed by atoms with E-state index in [2.05, 4.69) is 15.0 Å². The second kappa shape index (κ2) is 7.77. The lowest BCUT2D eigenvalue weighted by Crippen LogP contribution is -2.25. The highest BCUT2D eigenvalue weighted by atomic mass is 16.5. The SMILES string of the molecule is CCOc1ccc2[nH]c(=O)c(CN3C[C@@H](Cc4cc(C)no4)[C@H](O)C3)cc2c1. The summed E-state index contributed by atoms with van der Waals surface area (Å²) in [6.45, 7) is 6.16. The van der Waals surface area contributed by atoms with E-state index in [-0.39, 0.29) is 11.5 Å². The molecule has 0 amide bonds. The Morgan fingerprint density at radius 2 is 2.18 bits per heavy atom. The first-order valence-corrected chi connectivity index (χ1v) is 9.63. The molecule has 2 aromatic heterocycles. The lowest BCUT2D eigenvalue weighted by Gasteiger charge is -2.15. The summed E-state index contributed by atoms with van der Waals surface area (Å²) in [5.41, 5.74) is 2.22. The molecule has 4 rings (SSSR count). The zero-order valence-corrected chi connectivity index (χ0v) is 16.1. The predicted molar refractivity (Wildman–Crippen MR) is 105 cm³/mol. The number of aliphatic hydroxyl groups excluding tert-OH is 1. The van der Waals surface area contributed by atoms with Gasteiger partial charge in [-0.2, -0.15) is 0 Å². The van der Waals surface area contributed by atoms with Crippen LogP contribution in [0, 0.1) is 12.8 Å². The quantitative estimate of drug-likeness (QED) is 0.678. The van der Waals surface area contributed by atoms with Gasteiger partial charge in [0.15, 0.2) is 0 Å². The fourth-order valence-electron chi connectivity index (χ4n) is 3.89. The molecule has 1 aliphatic rings. The number of rotatable bonds is 6. The molecule has 0 radical (unpaired) electrons. The number of β-amino-alcohol motifs (C(OH)–C–C–N with tert-alkyl or cyclic N) is 1. The van der Waals surface area contributed by atoms with Crippen molar-refractivity contribution in [2.45, 2.75) is 32.9 Å². The summed E-state index contributed by atoms with van der Waals surface area (Å²) in [5.74, 6) is 1.64. The molecule has 3 heterocycles. The van der Waals surface area contributed by atoms with Gasteiger partial charge in [0, 0.05) is 54.5 Å². The molecule has 3 aromatic rings. The van der Waals surface area contributed by atoms with Gasteiger partial charge >= 0.3 is 0 Å². The van der Waals surface area contributed by atoms with Gasteiger partial charge in [0.05, 0.1) is 18.4 Å². The molecule has 7 nitrogen and oxygen atoms in total. The Kier molecular flexibility index (Phi) is 5.19. The van der Waals surface area contributed by atoms with Gasteiger partial charge in [-0.25, -0.2) is 0 Å². The van der Waals surface area contributed by atoms with E-state index < -0.39 is 6.10 Å². The van der Waals surface area contributed by atoms with Crippen molar-refractivity contribution in [3.63, 3.8) is 0 Å². The van der Waals surface area contributed by atoms with E-state index in [1.54, 1.807) is 0 Å². The number of likely N-dealkylation sites (tertiary alicyclic amines) is 1. The fourth-order valence-corrected chi connectivity index (χ4v) is 3.89. The Bertz CT molecular complexity index is 1030. The fraction of sp³-hybridized carbons (Fsp3) is 0.429. The van der Waals surface area contributed by atoms with E-state index in [0.717, 1.165) is 28.1 Å². The van der Waals surface area contributed by atoms with Crippen LogP contribution in [0.4, 0.5) is 0 Å². The Balaban J connectivity index is 1.49. The molecule has 7 heteroatoms. The van der Waals surface area contributed by atoms with E-state index in [1.807, 2.05) is 44.2 Å². The average molecular weight is 383 g/mol. The molecule has 1 fully saturated rings. The molecule has 148 valence electrons. The van der Waals surface area contributed by atoms with Gasteiger partial charge in [-0.1, -0.05) is 5.16 Å². The van der Waals surface area contributed by atoms with E-state index in [0.29, 0.717) is 38.2 Å². The van der Waals surface area contributed by atoms with Gasteiger partial charge < -0.3 is 19.4 Å². The topological polar surface area (TPSA) is 91.6 Å². The van der Waals surface area contributed by atoms with Crippen molar-refractivity contribution in [3.05, 3.63) is 57.7 Å². The molecule has 0 bridgehead atoms. The highest BCUT2D eigenvalue weighted by molar-refractivity contribution is 5.80. The van der Waals surface area contributed by atoms with Crippen molar-refractivity contribution in [2.24, 2.45) is 5.92 Å².